The zero-order valence-electron chi connectivity index (χ0n) is 8.81. The molecule has 0 saturated carbocycles. The van der Waals surface area contributed by atoms with Gasteiger partial charge in [0.2, 0.25) is 0 Å². The molecule has 0 bridgehead atoms. The molecule has 0 saturated heterocycles. The number of hydrogen-bond donors (Lipinski definition) is 1. The molecule has 2 aromatic heterocycles. The molecule has 0 spiro atoms. The van der Waals surface area contributed by atoms with Gasteiger partial charge in [-0.1, -0.05) is 6.07 Å². The van der Waals surface area contributed by atoms with Crippen molar-refractivity contribution in [2.75, 3.05) is 0 Å². The minimum atomic E-state index is 0.453. The summed E-state index contributed by atoms with van der Waals surface area (Å²) in [6.45, 7) is 0. The molecule has 0 aliphatic rings. The van der Waals surface area contributed by atoms with Gasteiger partial charge in [0.05, 0.1) is 37.7 Å². The molecule has 1 N–H and O–H groups in total. The van der Waals surface area contributed by atoms with Crippen molar-refractivity contribution in [1.82, 2.24) is 9.55 Å². The first-order chi connectivity index (χ1) is 7.18. The minimum absolute atomic E-state index is 0.453. The Morgan fingerprint density at radius 1 is 1.40 bits per heavy atom. The molecule has 0 aromatic carbocycles. The molecule has 0 radical (unpaired) electrons. The van der Waals surface area contributed by atoms with Crippen LogP contribution in [0.5, 0.6) is 0 Å². The van der Waals surface area contributed by atoms with Gasteiger partial charge in [0.25, 0.3) is 0 Å². The number of nitrogens with one attached hydrogen (secondary N) is 1. The first-order valence-electron chi connectivity index (χ1n) is 4.71. The summed E-state index contributed by atoms with van der Waals surface area (Å²) in [5, 5.41) is 7.71. The smallest absolute Gasteiger partial charge is 0.256 e. The lowest BCUT2D eigenvalue weighted by Gasteiger charge is -2.02. The Morgan fingerprint density at radius 3 is 2.80 bits per heavy atom. The highest BCUT2D eigenvalue weighted by Crippen LogP contribution is 2.11. The minimum Gasteiger partial charge on any atom is -0.256 e. The summed E-state index contributed by atoms with van der Waals surface area (Å²) in [7, 11) is 3.71. The number of hydrogen-bond acceptors (Lipinski definition) is 2. The number of aromatic nitrogens is 3. The second-order valence-electron chi connectivity index (χ2n) is 3.47. The highest BCUT2D eigenvalue weighted by molar-refractivity contribution is 5.55. The van der Waals surface area contributed by atoms with Gasteiger partial charge >= 0.3 is 5.62 Å². The largest absolute Gasteiger partial charge is 0.390 e. The van der Waals surface area contributed by atoms with Gasteiger partial charge in [-0.05, 0) is 12.1 Å². The molecular weight excluding hydrogens is 188 g/mol. The topological polar surface area (TPSA) is 45.5 Å². The van der Waals surface area contributed by atoms with Gasteiger partial charge in [0.1, 0.15) is 0 Å². The van der Waals surface area contributed by atoms with E-state index in [1.54, 1.807) is 15.3 Å². The van der Waals surface area contributed by atoms with E-state index in [9.17, 15) is 0 Å². The van der Waals surface area contributed by atoms with Crippen molar-refractivity contribution in [1.29, 1.82) is 5.41 Å². The number of pyridine rings is 1. The SMILES string of the molecule is Cn1cc(-c2ccccn2)c[n+](C)c1=N. The molecule has 76 valence electrons. The summed E-state index contributed by atoms with van der Waals surface area (Å²) in [6, 6.07) is 5.80. The maximum Gasteiger partial charge on any atom is 0.390 e. The third kappa shape index (κ3) is 1.79. The summed E-state index contributed by atoms with van der Waals surface area (Å²) in [5.41, 5.74) is 2.38. The predicted molar refractivity (Wildman–Crippen MR) is 55.7 cm³/mol. The highest BCUT2D eigenvalue weighted by atomic mass is 15.1. The predicted octanol–water partition coefficient (Wildman–Crippen LogP) is 0.391. The van der Waals surface area contributed by atoms with Gasteiger partial charge in [0.15, 0.2) is 0 Å². The first-order valence-corrected chi connectivity index (χ1v) is 4.71. The van der Waals surface area contributed by atoms with Crippen LogP contribution in [0.25, 0.3) is 11.3 Å². The zero-order valence-corrected chi connectivity index (χ0v) is 8.81. The van der Waals surface area contributed by atoms with Crippen molar-refractivity contribution in [3.8, 4) is 11.3 Å². The van der Waals surface area contributed by atoms with Crippen molar-refractivity contribution >= 4 is 0 Å². The average Bonchev–Trinajstić information content (AvgIpc) is 2.26. The van der Waals surface area contributed by atoms with Crippen LogP contribution in [0, 0.1) is 5.41 Å². The van der Waals surface area contributed by atoms with Crippen molar-refractivity contribution in [2.45, 2.75) is 0 Å². The molecule has 4 heteroatoms. The maximum atomic E-state index is 7.71. The Kier molecular flexibility index (Phi) is 2.33. The van der Waals surface area contributed by atoms with E-state index in [2.05, 4.69) is 4.98 Å². The molecule has 0 fully saturated rings. The number of nitrogens with zero attached hydrogens (tertiary/aromatic N) is 3. The molecule has 2 rings (SSSR count). The van der Waals surface area contributed by atoms with Crippen LogP contribution in [-0.2, 0) is 14.1 Å². The molecule has 0 unspecified atom stereocenters. The molecule has 0 aliphatic carbocycles. The normalized spacial score (nSPS) is 10.3. The Hall–Kier alpha value is -1.97. The van der Waals surface area contributed by atoms with Crippen LogP contribution in [-0.4, -0.2) is 9.55 Å². The van der Waals surface area contributed by atoms with Crippen molar-refractivity contribution in [3.63, 3.8) is 0 Å². The molecule has 0 aliphatic heterocycles. The van der Waals surface area contributed by atoms with E-state index in [1.165, 1.54) is 0 Å². The Labute approximate surface area is 88.0 Å². The van der Waals surface area contributed by atoms with E-state index in [-0.39, 0.29) is 0 Å². The summed E-state index contributed by atoms with van der Waals surface area (Å²) in [6.07, 6.45) is 5.58. The number of rotatable bonds is 1. The molecule has 2 heterocycles. The van der Waals surface area contributed by atoms with Crippen LogP contribution in [0.15, 0.2) is 36.8 Å². The van der Waals surface area contributed by atoms with Crippen LogP contribution in [0.3, 0.4) is 0 Å². The fourth-order valence-corrected chi connectivity index (χ4v) is 1.49. The van der Waals surface area contributed by atoms with Gasteiger partial charge in [-0.15, -0.1) is 5.41 Å². The summed E-state index contributed by atoms with van der Waals surface area (Å²) >= 11 is 0. The van der Waals surface area contributed by atoms with Crippen LogP contribution in [0.1, 0.15) is 0 Å². The van der Waals surface area contributed by atoms with Gasteiger partial charge in [-0.25, -0.2) is 9.13 Å². The third-order valence-corrected chi connectivity index (χ3v) is 2.29. The molecule has 0 amide bonds. The monoisotopic (exact) mass is 201 g/mol. The second kappa shape index (κ2) is 3.65. The maximum absolute atomic E-state index is 7.71. The van der Waals surface area contributed by atoms with E-state index in [0.717, 1.165) is 11.3 Å². The fraction of sp³-hybridized carbons (Fsp3) is 0.182. The quantitative estimate of drug-likeness (QED) is 0.667. The summed E-state index contributed by atoms with van der Waals surface area (Å²) < 4.78 is 3.54. The Balaban J connectivity index is 2.61. The van der Waals surface area contributed by atoms with Crippen LogP contribution >= 0.6 is 0 Å². The van der Waals surface area contributed by atoms with E-state index < -0.39 is 0 Å². The average molecular weight is 201 g/mol. The lowest BCUT2D eigenvalue weighted by Crippen LogP contribution is -2.50. The van der Waals surface area contributed by atoms with E-state index in [1.807, 2.05) is 44.7 Å². The third-order valence-electron chi connectivity index (χ3n) is 2.29. The molecule has 2 aromatic rings. The van der Waals surface area contributed by atoms with Crippen molar-refractivity contribution in [2.24, 2.45) is 14.1 Å². The van der Waals surface area contributed by atoms with Gasteiger partial charge in [-0.2, -0.15) is 0 Å². The van der Waals surface area contributed by atoms with E-state index in [4.69, 9.17) is 5.41 Å². The fourth-order valence-electron chi connectivity index (χ4n) is 1.49. The Morgan fingerprint density at radius 2 is 2.20 bits per heavy atom. The molecule has 15 heavy (non-hydrogen) atoms. The second-order valence-corrected chi connectivity index (χ2v) is 3.47. The highest BCUT2D eigenvalue weighted by Gasteiger charge is 2.05. The first kappa shape index (κ1) is 9.58. The summed E-state index contributed by atoms with van der Waals surface area (Å²) in [5.74, 6) is 0. The van der Waals surface area contributed by atoms with E-state index >= 15 is 0 Å². The molecule has 4 nitrogen and oxygen atoms in total. The van der Waals surface area contributed by atoms with Crippen LogP contribution in [0.4, 0.5) is 0 Å². The lowest BCUT2D eigenvalue weighted by molar-refractivity contribution is -0.693. The summed E-state index contributed by atoms with van der Waals surface area (Å²) in [4.78, 5) is 4.27. The standard InChI is InChI=1S/C11H13N4/c1-14-7-9(8-15(2)11(14)12)10-5-3-4-6-13-10/h3-8,12H,1-2H3/q+1. The van der Waals surface area contributed by atoms with Gasteiger partial charge < -0.3 is 0 Å². The number of aryl methyl sites for hydroxylation is 2. The van der Waals surface area contributed by atoms with Gasteiger partial charge in [0, 0.05) is 6.20 Å². The Bertz CT molecular complexity index is 502. The zero-order chi connectivity index (χ0) is 10.8. The van der Waals surface area contributed by atoms with Crippen molar-refractivity contribution < 1.29 is 4.57 Å². The molecular formula is C11H13N4+. The molecule has 0 atom stereocenters. The van der Waals surface area contributed by atoms with Crippen LogP contribution in [0.2, 0.25) is 0 Å². The lowest BCUT2D eigenvalue weighted by atomic mass is 10.2. The van der Waals surface area contributed by atoms with E-state index in [0.29, 0.717) is 5.62 Å². The van der Waals surface area contributed by atoms with Crippen molar-refractivity contribution in [3.05, 3.63) is 42.4 Å². The van der Waals surface area contributed by atoms with Crippen LogP contribution < -0.4 is 10.2 Å². The van der Waals surface area contributed by atoms with Gasteiger partial charge in [-0.3, -0.25) is 4.98 Å².